The van der Waals surface area contributed by atoms with Crippen LogP contribution in [0.3, 0.4) is 0 Å². The molecule has 1 atom stereocenters. The molecule has 1 aliphatic heterocycles. The van der Waals surface area contributed by atoms with E-state index in [0.29, 0.717) is 5.76 Å². The van der Waals surface area contributed by atoms with Gasteiger partial charge in [0, 0.05) is 18.8 Å². The lowest BCUT2D eigenvalue weighted by Gasteiger charge is -2.18. The number of aromatic nitrogens is 2. The molecular weight excluding hydrogens is 260 g/mol. The Morgan fingerprint density at radius 1 is 1.45 bits per heavy atom. The molecule has 1 saturated heterocycles. The largest absolute Gasteiger partial charge is 0.466 e. The Morgan fingerprint density at radius 3 is 2.85 bits per heavy atom. The van der Waals surface area contributed by atoms with Crippen molar-refractivity contribution in [3.8, 4) is 0 Å². The number of carbonyl (C=O) groups excluding carboxylic acids is 2. The van der Waals surface area contributed by atoms with Crippen LogP contribution in [-0.2, 0) is 23.9 Å². The Morgan fingerprint density at radius 2 is 2.25 bits per heavy atom. The van der Waals surface area contributed by atoms with Gasteiger partial charge in [-0.1, -0.05) is 0 Å². The van der Waals surface area contributed by atoms with Crippen LogP contribution in [0.5, 0.6) is 0 Å². The van der Waals surface area contributed by atoms with Crippen molar-refractivity contribution in [2.45, 2.75) is 19.0 Å². The highest BCUT2D eigenvalue weighted by Crippen LogP contribution is 2.29. The predicted octanol–water partition coefficient (Wildman–Crippen LogP) is 0.980. The van der Waals surface area contributed by atoms with Crippen LogP contribution < -0.4 is 5.32 Å². The fraction of sp³-hybridized carbons (Fsp3) is 0.308. The third-order valence-corrected chi connectivity index (χ3v) is 3.39. The highest BCUT2D eigenvalue weighted by molar-refractivity contribution is 6.06. The minimum absolute atomic E-state index is 0.189. The highest BCUT2D eigenvalue weighted by atomic mass is 16.3. The average Bonchev–Trinajstić information content (AvgIpc) is 3.09. The third-order valence-electron chi connectivity index (χ3n) is 3.39. The lowest BCUT2D eigenvalue weighted by atomic mass is 9.99. The summed E-state index contributed by atoms with van der Waals surface area (Å²) < 4.78 is 6.89. The van der Waals surface area contributed by atoms with Crippen LogP contribution in [0.15, 0.2) is 35.2 Å². The van der Waals surface area contributed by atoms with Gasteiger partial charge in [-0.05, 0) is 19.1 Å². The SMILES string of the molecule is Cn1cc(CN2C(=O)NC(C)(c3ccco3)C2=O)cn1. The molecule has 2 aromatic heterocycles. The number of carbonyl (C=O) groups is 2. The smallest absolute Gasteiger partial charge is 0.325 e. The van der Waals surface area contributed by atoms with E-state index in [1.54, 1.807) is 43.2 Å². The van der Waals surface area contributed by atoms with Crippen molar-refractivity contribution in [1.29, 1.82) is 0 Å². The van der Waals surface area contributed by atoms with Gasteiger partial charge >= 0.3 is 6.03 Å². The first kappa shape index (κ1) is 12.5. The van der Waals surface area contributed by atoms with E-state index >= 15 is 0 Å². The second kappa shape index (κ2) is 4.22. The number of furan rings is 1. The van der Waals surface area contributed by atoms with Crippen molar-refractivity contribution in [1.82, 2.24) is 20.0 Å². The Hall–Kier alpha value is -2.57. The quantitative estimate of drug-likeness (QED) is 0.846. The first-order valence-electron chi connectivity index (χ1n) is 6.16. The minimum atomic E-state index is -1.15. The van der Waals surface area contributed by atoms with Gasteiger partial charge in [0.25, 0.3) is 5.91 Å². The van der Waals surface area contributed by atoms with Crippen molar-refractivity contribution in [3.63, 3.8) is 0 Å². The number of urea groups is 1. The van der Waals surface area contributed by atoms with Crippen LogP contribution in [-0.4, -0.2) is 26.6 Å². The lowest BCUT2D eigenvalue weighted by molar-refractivity contribution is -0.132. The Kier molecular flexibility index (Phi) is 2.63. The molecule has 1 unspecified atom stereocenters. The molecule has 3 amide bonds. The van der Waals surface area contributed by atoms with Gasteiger partial charge in [0.15, 0.2) is 5.54 Å². The molecule has 1 aliphatic rings. The number of nitrogens with zero attached hydrogens (tertiary/aromatic N) is 3. The van der Waals surface area contributed by atoms with E-state index in [0.717, 1.165) is 5.56 Å². The summed E-state index contributed by atoms with van der Waals surface area (Å²) >= 11 is 0. The fourth-order valence-corrected chi connectivity index (χ4v) is 2.31. The third kappa shape index (κ3) is 1.78. The fourth-order valence-electron chi connectivity index (χ4n) is 2.31. The number of aryl methyl sites for hydroxylation is 1. The van der Waals surface area contributed by atoms with Crippen molar-refractivity contribution >= 4 is 11.9 Å². The number of rotatable bonds is 3. The molecule has 0 bridgehead atoms. The van der Waals surface area contributed by atoms with E-state index in [2.05, 4.69) is 10.4 Å². The summed E-state index contributed by atoms with van der Waals surface area (Å²) in [4.78, 5) is 25.7. The summed E-state index contributed by atoms with van der Waals surface area (Å²) in [6.07, 6.45) is 4.87. The molecular formula is C13H14N4O3. The summed E-state index contributed by atoms with van der Waals surface area (Å²) in [7, 11) is 1.78. The zero-order valence-corrected chi connectivity index (χ0v) is 11.2. The van der Waals surface area contributed by atoms with Crippen LogP contribution >= 0.6 is 0 Å². The van der Waals surface area contributed by atoms with Crippen LogP contribution in [0.1, 0.15) is 18.2 Å². The maximum Gasteiger partial charge on any atom is 0.325 e. The van der Waals surface area contributed by atoms with E-state index in [1.807, 2.05) is 0 Å². The Bertz CT molecular complexity index is 661. The van der Waals surface area contributed by atoms with Gasteiger partial charge < -0.3 is 9.73 Å². The van der Waals surface area contributed by atoms with Crippen LogP contribution in [0.25, 0.3) is 0 Å². The average molecular weight is 274 g/mol. The van der Waals surface area contributed by atoms with Crippen molar-refractivity contribution in [2.75, 3.05) is 0 Å². The summed E-state index contributed by atoms with van der Waals surface area (Å²) in [5.41, 5.74) is -0.359. The maximum absolute atomic E-state index is 12.5. The van der Waals surface area contributed by atoms with E-state index in [-0.39, 0.29) is 12.5 Å². The van der Waals surface area contributed by atoms with E-state index in [4.69, 9.17) is 4.42 Å². The van der Waals surface area contributed by atoms with E-state index < -0.39 is 11.6 Å². The Labute approximate surface area is 115 Å². The zero-order chi connectivity index (χ0) is 14.3. The maximum atomic E-state index is 12.5. The number of hydrogen-bond acceptors (Lipinski definition) is 4. The van der Waals surface area contributed by atoms with Crippen molar-refractivity contribution < 1.29 is 14.0 Å². The first-order valence-corrected chi connectivity index (χ1v) is 6.16. The van der Waals surface area contributed by atoms with Crippen LogP contribution in [0.4, 0.5) is 4.79 Å². The summed E-state index contributed by atoms with van der Waals surface area (Å²) in [6, 6.07) is 2.92. The molecule has 0 radical (unpaired) electrons. The number of hydrogen-bond donors (Lipinski definition) is 1. The lowest BCUT2D eigenvalue weighted by Crippen LogP contribution is -2.40. The van der Waals surface area contributed by atoms with Gasteiger partial charge in [-0.3, -0.25) is 14.4 Å². The van der Waals surface area contributed by atoms with E-state index in [9.17, 15) is 9.59 Å². The number of imide groups is 1. The van der Waals surface area contributed by atoms with Crippen LogP contribution in [0, 0.1) is 0 Å². The second-order valence-corrected chi connectivity index (χ2v) is 4.95. The van der Waals surface area contributed by atoms with Crippen molar-refractivity contribution in [2.24, 2.45) is 7.05 Å². The molecule has 1 fully saturated rings. The van der Waals surface area contributed by atoms with E-state index in [1.165, 1.54) is 11.2 Å². The molecule has 0 aliphatic carbocycles. The van der Waals surface area contributed by atoms with Crippen LogP contribution in [0.2, 0.25) is 0 Å². The molecule has 7 heteroatoms. The monoisotopic (exact) mass is 274 g/mol. The number of nitrogens with one attached hydrogen (secondary N) is 1. The summed E-state index contributed by atoms with van der Waals surface area (Å²) in [6.45, 7) is 1.82. The Balaban J connectivity index is 1.87. The molecule has 1 N–H and O–H groups in total. The van der Waals surface area contributed by atoms with Gasteiger partial charge in [-0.25, -0.2) is 4.79 Å². The van der Waals surface area contributed by atoms with Gasteiger partial charge in [0.2, 0.25) is 0 Å². The molecule has 20 heavy (non-hydrogen) atoms. The molecule has 104 valence electrons. The highest BCUT2D eigenvalue weighted by Gasteiger charge is 2.50. The van der Waals surface area contributed by atoms with Gasteiger partial charge in [-0.2, -0.15) is 5.10 Å². The van der Waals surface area contributed by atoms with Crippen molar-refractivity contribution in [3.05, 3.63) is 42.1 Å². The van der Waals surface area contributed by atoms with Gasteiger partial charge in [-0.15, -0.1) is 0 Å². The topological polar surface area (TPSA) is 80.4 Å². The molecule has 0 saturated carbocycles. The predicted molar refractivity (Wildman–Crippen MR) is 68.3 cm³/mol. The molecule has 3 rings (SSSR count). The number of amides is 3. The first-order chi connectivity index (χ1) is 9.50. The normalized spacial score (nSPS) is 22.4. The second-order valence-electron chi connectivity index (χ2n) is 4.95. The van der Waals surface area contributed by atoms with Gasteiger partial charge in [0.1, 0.15) is 5.76 Å². The molecule has 7 nitrogen and oxygen atoms in total. The molecule has 0 spiro atoms. The minimum Gasteiger partial charge on any atom is -0.466 e. The standard InChI is InChI=1S/C13H14N4O3/c1-13(10-4-3-5-20-10)11(18)17(12(19)15-13)8-9-6-14-16(2)7-9/h3-7H,8H2,1-2H3,(H,15,19). The summed E-state index contributed by atoms with van der Waals surface area (Å²) in [5, 5.41) is 6.70. The summed E-state index contributed by atoms with van der Waals surface area (Å²) in [5.74, 6) is 0.0887. The zero-order valence-electron chi connectivity index (χ0n) is 11.2. The molecule has 0 aromatic carbocycles. The molecule has 2 aromatic rings. The van der Waals surface area contributed by atoms with Gasteiger partial charge in [0.05, 0.1) is 19.0 Å². The molecule has 3 heterocycles.